The van der Waals surface area contributed by atoms with Crippen LogP contribution in [0.25, 0.3) is 0 Å². The van der Waals surface area contributed by atoms with Gasteiger partial charge in [-0.05, 0) is 31.6 Å². The lowest BCUT2D eigenvalue weighted by molar-refractivity contribution is -0.384. The Morgan fingerprint density at radius 1 is 1.29 bits per heavy atom. The van der Waals surface area contributed by atoms with Gasteiger partial charge in [-0.1, -0.05) is 35.8 Å². The fourth-order valence-electron chi connectivity index (χ4n) is 2.14. The van der Waals surface area contributed by atoms with Crippen molar-refractivity contribution < 1.29 is 4.92 Å². The van der Waals surface area contributed by atoms with Crippen LogP contribution < -0.4 is 4.90 Å². The lowest BCUT2D eigenvalue weighted by atomic mass is 10.1. The number of hydrogen-bond donors (Lipinski definition) is 0. The molecule has 118 valence electrons. The van der Waals surface area contributed by atoms with Crippen molar-refractivity contribution in [3.63, 3.8) is 0 Å². The van der Waals surface area contributed by atoms with Gasteiger partial charge in [0.05, 0.1) is 4.92 Å². The summed E-state index contributed by atoms with van der Waals surface area (Å²) < 4.78 is 0. The highest BCUT2D eigenvalue weighted by molar-refractivity contribution is 9.08. The van der Waals surface area contributed by atoms with Gasteiger partial charge in [-0.25, -0.2) is 0 Å². The van der Waals surface area contributed by atoms with Gasteiger partial charge in [0.15, 0.2) is 0 Å². The molecule has 0 atom stereocenters. The molecule has 0 aliphatic heterocycles. The van der Waals surface area contributed by atoms with Gasteiger partial charge in [0, 0.05) is 31.0 Å². The number of nitro groups is 1. The first-order valence-electron chi connectivity index (χ1n) is 7.08. The molecule has 0 aromatic heterocycles. The SMILES string of the molecule is CC(C)CN(CCN(C)C)c1ccc(CBr)cc1[N+](=O)[O-]. The van der Waals surface area contributed by atoms with Crippen LogP contribution in [-0.4, -0.2) is 43.6 Å². The van der Waals surface area contributed by atoms with Gasteiger partial charge >= 0.3 is 0 Å². The number of alkyl halides is 1. The van der Waals surface area contributed by atoms with Crippen LogP contribution in [0.3, 0.4) is 0 Å². The highest BCUT2D eigenvalue weighted by Crippen LogP contribution is 2.30. The highest BCUT2D eigenvalue weighted by Gasteiger charge is 2.20. The summed E-state index contributed by atoms with van der Waals surface area (Å²) in [5, 5.41) is 12.0. The maximum Gasteiger partial charge on any atom is 0.292 e. The molecule has 0 bridgehead atoms. The van der Waals surface area contributed by atoms with E-state index < -0.39 is 0 Å². The summed E-state index contributed by atoms with van der Waals surface area (Å²) in [4.78, 5) is 15.3. The summed E-state index contributed by atoms with van der Waals surface area (Å²) in [6, 6.07) is 5.47. The van der Waals surface area contributed by atoms with Crippen LogP contribution in [0.5, 0.6) is 0 Å². The fraction of sp³-hybridized carbons (Fsp3) is 0.600. The van der Waals surface area contributed by atoms with Gasteiger partial charge in [0.1, 0.15) is 5.69 Å². The molecule has 0 spiro atoms. The van der Waals surface area contributed by atoms with Gasteiger partial charge in [0.25, 0.3) is 5.69 Å². The lowest BCUT2D eigenvalue weighted by Crippen LogP contribution is -2.34. The van der Waals surface area contributed by atoms with Gasteiger partial charge in [-0.3, -0.25) is 10.1 Å². The molecule has 0 amide bonds. The predicted octanol–water partition coefficient (Wildman–Crippen LogP) is 3.51. The third kappa shape index (κ3) is 5.63. The normalized spacial score (nSPS) is 11.2. The maximum absolute atomic E-state index is 11.4. The summed E-state index contributed by atoms with van der Waals surface area (Å²) in [6.45, 7) is 6.70. The number of nitro benzene ring substituents is 1. The van der Waals surface area contributed by atoms with Gasteiger partial charge < -0.3 is 9.80 Å². The van der Waals surface area contributed by atoms with E-state index >= 15 is 0 Å². The third-order valence-electron chi connectivity index (χ3n) is 3.13. The summed E-state index contributed by atoms with van der Waals surface area (Å²) >= 11 is 3.35. The predicted molar refractivity (Wildman–Crippen MR) is 91.3 cm³/mol. The Kier molecular flexibility index (Phi) is 7.11. The molecule has 1 rings (SSSR count). The van der Waals surface area contributed by atoms with Crippen LogP contribution in [0.15, 0.2) is 18.2 Å². The monoisotopic (exact) mass is 357 g/mol. The molecule has 0 radical (unpaired) electrons. The molecule has 1 aromatic rings. The van der Waals surface area contributed by atoms with Crippen molar-refractivity contribution in [2.24, 2.45) is 5.92 Å². The van der Waals surface area contributed by atoms with Crippen molar-refractivity contribution in [1.82, 2.24) is 4.90 Å². The van der Waals surface area contributed by atoms with E-state index in [2.05, 4.69) is 39.6 Å². The molecular formula is C15H24BrN3O2. The second-order valence-corrected chi connectivity index (χ2v) is 6.42. The van der Waals surface area contributed by atoms with E-state index in [-0.39, 0.29) is 10.6 Å². The van der Waals surface area contributed by atoms with Crippen molar-refractivity contribution in [2.45, 2.75) is 19.2 Å². The molecule has 0 saturated carbocycles. The zero-order valence-corrected chi connectivity index (χ0v) is 14.8. The van der Waals surface area contributed by atoms with Gasteiger partial charge in [-0.2, -0.15) is 0 Å². The van der Waals surface area contributed by atoms with Crippen LogP contribution >= 0.6 is 15.9 Å². The van der Waals surface area contributed by atoms with Crippen molar-refractivity contribution in [3.05, 3.63) is 33.9 Å². The third-order valence-corrected chi connectivity index (χ3v) is 3.78. The fourth-order valence-corrected chi connectivity index (χ4v) is 2.49. The first kappa shape index (κ1) is 17.9. The number of rotatable bonds is 8. The number of anilines is 1. The van der Waals surface area contributed by atoms with Crippen LogP contribution in [0.4, 0.5) is 11.4 Å². The molecule has 0 saturated heterocycles. The summed E-state index contributed by atoms with van der Waals surface area (Å²) in [7, 11) is 4.02. The number of likely N-dealkylation sites (N-methyl/N-ethyl adjacent to an activating group) is 1. The zero-order chi connectivity index (χ0) is 16.0. The quantitative estimate of drug-likeness (QED) is 0.405. The summed E-state index contributed by atoms with van der Waals surface area (Å²) in [5.41, 5.74) is 1.81. The molecule has 5 nitrogen and oxygen atoms in total. The minimum absolute atomic E-state index is 0.186. The molecular weight excluding hydrogens is 334 g/mol. The van der Waals surface area contributed by atoms with E-state index in [1.807, 2.05) is 26.2 Å². The van der Waals surface area contributed by atoms with E-state index in [1.54, 1.807) is 6.07 Å². The zero-order valence-electron chi connectivity index (χ0n) is 13.2. The smallest absolute Gasteiger partial charge is 0.292 e. The number of halogens is 1. The molecule has 0 aliphatic carbocycles. The minimum Gasteiger partial charge on any atom is -0.364 e. The molecule has 0 N–H and O–H groups in total. The van der Waals surface area contributed by atoms with E-state index in [9.17, 15) is 10.1 Å². The topological polar surface area (TPSA) is 49.6 Å². The summed E-state index contributed by atoms with van der Waals surface area (Å²) in [5.74, 6) is 0.447. The van der Waals surface area contributed by atoms with Crippen molar-refractivity contribution in [2.75, 3.05) is 38.6 Å². The lowest BCUT2D eigenvalue weighted by Gasteiger charge is -2.28. The maximum atomic E-state index is 11.4. The molecule has 0 heterocycles. The van der Waals surface area contributed by atoms with E-state index in [1.165, 1.54) is 0 Å². The molecule has 1 aromatic carbocycles. The number of nitrogens with zero attached hydrogens (tertiary/aromatic N) is 3. The molecule has 0 aliphatic rings. The Labute approximate surface area is 135 Å². The first-order valence-corrected chi connectivity index (χ1v) is 8.20. The van der Waals surface area contributed by atoms with E-state index in [0.29, 0.717) is 16.9 Å². The van der Waals surface area contributed by atoms with E-state index in [0.717, 1.165) is 25.2 Å². The second-order valence-electron chi connectivity index (χ2n) is 5.86. The van der Waals surface area contributed by atoms with Gasteiger partial charge in [0.2, 0.25) is 0 Å². The van der Waals surface area contributed by atoms with Crippen LogP contribution in [-0.2, 0) is 5.33 Å². The molecule has 0 fully saturated rings. The van der Waals surface area contributed by atoms with E-state index in [4.69, 9.17) is 0 Å². The Balaban J connectivity index is 3.12. The Morgan fingerprint density at radius 2 is 1.95 bits per heavy atom. The first-order chi connectivity index (χ1) is 9.85. The Morgan fingerprint density at radius 3 is 2.43 bits per heavy atom. The van der Waals surface area contributed by atoms with Crippen LogP contribution in [0.1, 0.15) is 19.4 Å². The van der Waals surface area contributed by atoms with Gasteiger partial charge in [-0.15, -0.1) is 0 Å². The molecule has 6 heteroatoms. The average molecular weight is 358 g/mol. The standard InChI is InChI=1S/C15H24BrN3O2/c1-12(2)11-18(8-7-17(3)4)14-6-5-13(10-16)9-15(14)19(20)21/h5-6,9,12H,7-8,10-11H2,1-4H3. The van der Waals surface area contributed by atoms with Crippen molar-refractivity contribution in [1.29, 1.82) is 0 Å². The average Bonchev–Trinajstić information content (AvgIpc) is 2.42. The van der Waals surface area contributed by atoms with Crippen molar-refractivity contribution >= 4 is 27.3 Å². The van der Waals surface area contributed by atoms with Crippen LogP contribution in [0, 0.1) is 16.0 Å². The van der Waals surface area contributed by atoms with Crippen molar-refractivity contribution in [3.8, 4) is 0 Å². The summed E-state index contributed by atoms with van der Waals surface area (Å²) in [6.07, 6.45) is 0. The molecule has 21 heavy (non-hydrogen) atoms. The number of hydrogen-bond acceptors (Lipinski definition) is 4. The van der Waals surface area contributed by atoms with Crippen LogP contribution in [0.2, 0.25) is 0 Å². The highest BCUT2D eigenvalue weighted by atomic mass is 79.9. The minimum atomic E-state index is -0.287. The Hall–Kier alpha value is -1.14. The largest absolute Gasteiger partial charge is 0.364 e. The number of benzene rings is 1. The second kappa shape index (κ2) is 8.34. The molecule has 0 unspecified atom stereocenters. The Bertz CT molecular complexity index is 478.